The molecule has 0 aliphatic carbocycles. The molecule has 7 heteroatoms. The lowest BCUT2D eigenvalue weighted by Gasteiger charge is -2.31. The molecule has 5 rings (SSSR count). The van der Waals surface area contributed by atoms with Crippen LogP contribution in [0.15, 0.2) is 72.8 Å². The van der Waals surface area contributed by atoms with Gasteiger partial charge in [0.1, 0.15) is 5.82 Å². The maximum absolute atomic E-state index is 13.5. The molecule has 3 aromatic carbocycles. The Kier molecular flexibility index (Phi) is 5.73. The molecule has 4 aromatic rings. The van der Waals surface area contributed by atoms with Crippen LogP contribution in [0.5, 0.6) is 0 Å². The molecular weight excluding hydrogens is 423 g/mol. The lowest BCUT2D eigenvalue weighted by Crippen LogP contribution is -2.40. The Balaban J connectivity index is 1.22. The first-order chi connectivity index (χ1) is 15.6. The van der Waals surface area contributed by atoms with Crippen molar-refractivity contribution in [3.8, 4) is 0 Å². The Labute approximate surface area is 189 Å². The van der Waals surface area contributed by atoms with Crippen molar-refractivity contribution >= 4 is 49.7 Å². The third kappa shape index (κ3) is 4.57. The molecule has 1 aliphatic heterocycles. The topological polar surface area (TPSA) is 57.3 Å². The van der Waals surface area contributed by atoms with Gasteiger partial charge in [-0.2, -0.15) is 0 Å². The number of halogens is 1. The molecule has 1 saturated heterocycles. The normalized spacial score (nSPS) is 16.2. The Hall–Kier alpha value is -3.45. The summed E-state index contributed by atoms with van der Waals surface area (Å²) in [6.07, 6.45) is 1.76. The molecule has 5 nitrogen and oxygen atoms in total. The lowest BCUT2D eigenvalue weighted by molar-refractivity contribution is -0.120. The average molecular weight is 447 g/mol. The molecule has 1 unspecified atom stereocenters. The van der Waals surface area contributed by atoms with Crippen LogP contribution in [0.3, 0.4) is 0 Å². The molecule has 1 aliphatic rings. The molecule has 1 aromatic heterocycles. The average Bonchev–Trinajstić information content (AvgIpc) is 3.24. The van der Waals surface area contributed by atoms with E-state index < -0.39 is 0 Å². The summed E-state index contributed by atoms with van der Waals surface area (Å²) in [6, 6.07) is 22.3. The van der Waals surface area contributed by atoms with Crippen LogP contribution in [-0.2, 0) is 4.79 Å². The van der Waals surface area contributed by atoms with E-state index in [2.05, 4.69) is 20.5 Å². The highest BCUT2D eigenvalue weighted by atomic mass is 32.1. The van der Waals surface area contributed by atoms with Crippen molar-refractivity contribution in [2.75, 3.05) is 28.6 Å². The molecule has 1 amide bonds. The van der Waals surface area contributed by atoms with Gasteiger partial charge in [0, 0.05) is 30.2 Å². The number of anilines is 4. The van der Waals surface area contributed by atoms with Crippen molar-refractivity contribution in [2.24, 2.45) is 5.92 Å². The predicted molar refractivity (Wildman–Crippen MR) is 129 cm³/mol. The van der Waals surface area contributed by atoms with Gasteiger partial charge in [-0.05, 0) is 67.4 Å². The molecule has 0 spiro atoms. The number of carbonyl (C=O) groups is 1. The van der Waals surface area contributed by atoms with Gasteiger partial charge in [-0.1, -0.05) is 29.5 Å². The summed E-state index contributed by atoms with van der Waals surface area (Å²) < 4.78 is 14.3. The summed E-state index contributed by atoms with van der Waals surface area (Å²) in [4.78, 5) is 19.7. The van der Waals surface area contributed by atoms with Crippen LogP contribution in [0, 0.1) is 11.7 Å². The highest BCUT2D eigenvalue weighted by Crippen LogP contribution is 2.32. The number of benzene rings is 3. The van der Waals surface area contributed by atoms with Crippen molar-refractivity contribution in [1.82, 2.24) is 4.98 Å². The molecule has 0 bridgehead atoms. The van der Waals surface area contributed by atoms with Gasteiger partial charge in [0.15, 0.2) is 5.13 Å². The summed E-state index contributed by atoms with van der Waals surface area (Å²) in [5.74, 6) is -0.353. The maximum atomic E-state index is 13.5. The monoisotopic (exact) mass is 446 g/mol. The fraction of sp³-hybridized carbons (Fsp3) is 0.200. The van der Waals surface area contributed by atoms with E-state index in [1.54, 1.807) is 6.07 Å². The number of thiazole rings is 1. The van der Waals surface area contributed by atoms with E-state index in [0.29, 0.717) is 6.54 Å². The van der Waals surface area contributed by atoms with Gasteiger partial charge in [-0.25, -0.2) is 9.37 Å². The van der Waals surface area contributed by atoms with Crippen LogP contribution in [0.25, 0.3) is 10.2 Å². The van der Waals surface area contributed by atoms with E-state index in [9.17, 15) is 9.18 Å². The lowest BCUT2D eigenvalue weighted by atomic mass is 9.97. The third-order valence-corrected chi connectivity index (χ3v) is 6.70. The Bertz CT molecular complexity index is 1230. The van der Waals surface area contributed by atoms with E-state index >= 15 is 0 Å². The SMILES string of the molecule is O=C(Nc1ccc(Nc2ccccc2)cc1)C1CCCN(c2nc3ccc(F)cc3s2)C1. The zero-order valence-electron chi connectivity index (χ0n) is 17.4. The van der Waals surface area contributed by atoms with Crippen molar-refractivity contribution in [1.29, 1.82) is 0 Å². The second-order valence-corrected chi connectivity index (χ2v) is 8.96. The Morgan fingerprint density at radius 3 is 2.56 bits per heavy atom. The maximum Gasteiger partial charge on any atom is 0.229 e. The smallest absolute Gasteiger partial charge is 0.229 e. The van der Waals surface area contributed by atoms with Gasteiger partial charge in [0.05, 0.1) is 16.1 Å². The third-order valence-electron chi connectivity index (χ3n) is 5.62. The fourth-order valence-electron chi connectivity index (χ4n) is 3.96. The number of para-hydroxylation sites is 1. The summed E-state index contributed by atoms with van der Waals surface area (Å²) in [5.41, 5.74) is 3.55. The highest BCUT2D eigenvalue weighted by molar-refractivity contribution is 7.22. The van der Waals surface area contributed by atoms with Crippen LogP contribution < -0.4 is 15.5 Å². The molecule has 0 radical (unpaired) electrons. The van der Waals surface area contributed by atoms with Crippen molar-refractivity contribution < 1.29 is 9.18 Å². The molecular formula is C25H23FN4OS. The van der Waals surface area contributed by atoms with E-state index in [1.165, 1.54) is 23.5 Å². The Morgan fingerprint density at radius 2 is 1.75 bits per heavy atom. The zero-order valence-corrected chi connectivity index (χ0v) is 18.2. The number of hydrogen-bond donors (Lipinski definition) is 2. The van der Waals surface area contributed by atoms with Crippen molar-refractivity contribution in [3.05, 3.63) is 78.6 Å². The van der Waals surface area contributed by atoms with Gasteiger partial charge in [-0.3, -0.25) is 4.79 Å². The second kappa shape index (κ2) is 8.96. The molecule has 1 atom stereocenters. The molecule has 2 heterocycles. The fourth-order valence-corrected chi connectivity index (χ4v) is 4.98. The largest absolute Gasteiger partial charge is 0.356 e. The van der Waals surface area contributed by atoms with Crippen molar-refractivity contribution in [3.63, 3.8) is 0 Å². The number of rotatable bonds is 5. The number of aromatic nitrogens is 1. The van der Waals surface area contributed by atoms with Gasteiger partial charge >= 0.3 is 0 Å². The minimum atomic E-state index is -0.256. The molecule has 0 saturated carbocycles. The number of nitrogens with zero attached hydrogens (tertiary/aromatic N) is 2. The van der Waals surface area contributed by atoms with Crippen LogP contribution in [-0.4, -0.2) is 24.0 Å². The van der Waals surface area contributed by atoms with Gasteiger partial charge < -0.3 is 15.5 Å². The van der Waals surface area contributed by atoms with E-state index in [-0.39, 0.29) is 17.6 Å². The van der Waals surface area contributed by atoms with E-state index in [0.717, 1.165) is 51.8 Å². The molecule has 2 N–H and O–H groups in total. The van der Waals surface area contributed by atoms with Crippen LogP contribution >= 0.6 is 11.3 Å². The first-order valence-electron chi connectivity index (χ1n) is 10.7. The second-order valence-electron chi connectivity index (χ2n) is 7.95. The molecule has 32 heavy (non-hydrogen) atoms. The summed E-state index contributed by atoms with van der Waals surface area (Å²) in [7, 11) is 0. The van der Waals surface area contributed by atoms with E-state index in [1.807, 2.05) is 54.6 Å². The van der Waals surface area contributed by atoms with E-state index in [4.69, 9.17) is 0 Å². The highest BCUT2D eigenvalue weighted by Gasteiger charge is 2.27. The minimum Gasteiger partial charge on any atom is -0.356 e. The number of amides is 1. The summed E-state index contributed by atoms with van der Waals surface area (Å²) in [5, 5.41) is 7.23. The Morgan fingerprint density at radius 1 is 1.00 bits per heavy atom. The van der Waals surface area contributed by atoms with Gasteiger partial charge in [0.2, 0.25) is 5.91 Å². The number of fused-ring (bicyclic) bond motifs is 1. The molecule has 1 fully saturated rings. The quantitative estimate of drug-likeness (QED) is 0.393. The molecule has 162 valence electrons. The number of carbonyl (C=O) groups excluding carboxylic acids is 1. The van der Waals surface area contributed by atoms with Crippen LogP contribution in [0.2, 0.25) is 0 Å². The van der Waals surface area contributed by atoms with Crippen LogP contribution in [0.1, 0.15) is 12.8 Å². The standard InChI is InChI=1S/C25H23FN4OS/c26-18-8-13-22-23(15-18)32-25(29-22)30-14-4-5-17(16-30)24(31)28-21-11-9-20(10-12-21)27-19-6-2-1-3-7-19/h1-3,6-13,15,17,27H,4-5,14,16H2,(H,28,31). The first-order valence-corrected chi connectivity index (χ1v) is 11.5. The number of piperidine rings is 1. The van der Waals surface area contributed by atoms with Gasteiger partial charge in [0.25, 0.3) is 0 Å². The van der Waals surface area contributed by atoms with Gasteiger partial charge in [-0.15, -0.1) is 0 Å². The number of hydrogen-bond acceptors (Lipinski definition) is 5. The zero-order chi connectivity index (χ0) is 21.9. The summed E-state index contributed by atoms with van der Waals surface area (Å²) in [6.45, 7) is 1.47. The van der Waals surface area contributed by atoms with Crippen LogP contribution in [0.4, 0.5) is 26.6 Å². The summed E-state index contributed by atoms with van der Waals surface area (Å²) >= 11 is 1.47. The number of nitrogens with one attached hydrogen (secondary N) is 2. The predicted octanol–water partition coefficient (Wildman–Crippen LogP) is 6.03. The minimum absolute atomic E-state index is 0.0191. The first kappa shape index (κ1) is 20.5. The van der Waals surface area contributed by atoms with Crippen molar-refractivity contribution in [2.45, 2.75) is 12.8 Å².